The molecule has 0 heterocycles. The zero-order valence-corrected chi connectivity index (χ0v) is 12.6. The van der Waals surface area contributed by atoms with Crippen LogP contribution in [-0.4, -0.2) is 33.1 Å². The molecule has 0 aromatic heterocycles. The van der Waals surface area contributed by atoms with E-state index >= 15 is 0 Å². The highest BCUT2D eigenvalue weighted by molar-refractivity contribution is 5.01. The summed E-state index contributed by atoms with van der Waals surface area (Å²) >= 11 is 0. The molecule has 3 N–H and O–H groups in total. The maximum Gasteiger partial charge on any atom is 0.0977 e. The zero-order chi connectivity index (χ0) is 14.3. The Hall–Kier alpha value is -0.120. The van der Waals surface area contributed by atoms with E-state index in [1.54, 1.807) is 6.92 Å². The van der Waals surface area contributed by atoms with Gasteiger partial charge in [-0.2, -0.15) is 0 Å². The van der Waals surface area contributed by atoms with Crippen molar-refractivity contribution in [2.24, 2.45) is 5.41 Å². The third kappa shape index (κ3) is 4.57. The van der Waals surface area contributed by atoms with Crippen molar-refractivity contribution >= 4 is 0 Å². The van der Waals surface area contributed by atoms with Gasteiger partial charge in [-0.1, -0.05) is 41.5 Å². The molecular formula is C14H32O3. The molecule has 3 nitrogen and oxygen atoms in total. The van der Waals surface area contributed by atoms with E-state index in [4.69, 9.17) is 0 Å². The summed E-state index contributed by atoms with van der Waals surface area (Å²) in [4.78, 5) is 0. The summed E-state index contributed by atoms with van der Waals surface area (Å²) in [5.41, 5.74) is -1.47. The minimum absolute atomic E-state index is 0.275. The number of rotatable bonds is 1. The molecule has 1 fully saturated rings. The highest BCUT2D eigenvalue weighted by Gasteiger charge is 2.50. The van der Waals surface area contributed by atoms with Crippen LogP contribution in [0.1, 0.15) is 67.7 Å². The van der Waals surface area contributed by atoms with Crippen molar-refractivity contribution in [3.63, 3.8) is 0 Å². The molecule has 1 saturated carbocycles. The van der Waals surface area contributed by atoms with E-state index in [1.807, 2.05) is 41.5 Å². The lowest BCUT2D eigenvalue weighted by atomic mass is 9.62. The Morgan fingerprint density at radius 2 is 1.53 bits per heavy atom. The lowest BCUT2D eigenvalue weighted by Gasteiger charge is -2.49. The Kier molecular flexibility index (Phi) is 9.12. The topological polar surface area (TPSA) is 60.7 Å². The van der Waals surface area contributed by atoms with Crippen LogP contribution in [0.2, 0.25) is 0 Å². The minimum Gasteiger partial charge on any atom is -0.393 e. The van der Waals surface area contributed by atoms with Gasteiger partial charge in [0, 0.05) is 6.42 Å². The van der Waals surface area contributed by atoms with E-state index in [0.717, 1.165) is 6.42 Å². The van der Waals surface area contributed by atoms with Crippen molar-refractivity contribution in [2.75, 3.05) is 0 Å². The Morgan fingerprint density at radius 3 is 1.82 bits per heavy atom. The Morgan fingerprint density at radius 1 is 1.12 bits per heavy atom. The molecule has 1 aliphatic carbocycles. The van der Waals surface area contributed by atoms with E-state index in [9.17, 15) is 15.3 Å². The van der Waals surface area contributed by atoms with Gasteiger partial charge in [0.15, 0.2) is 0 Å². The van der Waals surface area contributed by atoms with E-state index < -0.39 is 17.8 Å². The molecule has 17 heavy (non-hydrogen) atoms. The largest absolute Gasteiger partial charge is 0.393 e. The van der Waals surface area contributed by atoms with Crippen LogP contribution in [0.25, 0.3) is 0 Å². The second-order valence-corrected chi connectivity index (χ2v) is 4.88. The summed E-state index contributed by atoms with van der Waals surface area (Å²) in [7, 11) is 0. The molecule has 3 atom stereocenters. The first-order chi connectivity index (χ1) is 7.79. The average molecular weight is 248 g/mol. The third-order valence-electron chi connectivity index (χ3n) is 3.51. The quantitative estimate of drug-likeness (QED) is 0.668. The summed E-state index contributed by atoms with van der Waals surface area (Å²) in [6.45, 7) is 13.5. The van der Waals surface area contributed by atoms with Gasteiger partial charge in [0.2, 0.25) is 0 Å². The molecule has 0 amide bonds. The van der Waals surface area contributed by atoms with Crippen LogP contribution in [0.5, 0.6) is 0 Å². The Balaban J connectivity index is 0. The molecule has 106 valence electrons. The van der Waals surface area contributed by atoms with Crippen molar-refractivity contribution in [3.05, 3.63) is 0 Å². The molecule has 0 radical (unpaired) electrons. The molecule has 3 heteroatoms. The molecule has 0 bridgehead atoms. The Bertz CT molecular complexity index is 190. The average Bonchev–Trinajstić information content (AvgIpc) is 2.30. The van der Waals surface area contributed by atoms with Crippen molar-refractivity contribution < 1.29 is 15.3 Å². The molecule has 0 spiro atoms. The number of aliphatic hydroxyl groups excluding tert-OH is 2. The summed E-state index contributed by atoms with van der Waals surface area (Å²) in [5.74, 6) is 0. The van der Waals surface area contributed by atoms with Crippen molar-refractivity contribution in [3.8, 4) is 0 Å². The molecule has 1 rings (SSSR count). The van der Waals surface area contributed by atoms with Gasteiger partial charge in [-0.15, -0.1) is 0 Å². The Labute approximate surface area is 107 Å². The smallest absolute Gasteiger partial charge is 0.0977 e. The highest BCUT2D eigenvalue weighted by atomic mass is 16.3. The fourth-order valence-corrected chi connectivity index (χ4v) is 2.22. The van der Waals surface area contributed by atoms with Crippen LogP contribution in [0, 0.1) is 5.41 Å². The lowest BCUT2D eigenvalue weighted by Crippen LogP contribution is -2.57. The molecule has 0 unspecified atom stereocenters. The standard InChI is InChI=1S/C10H20O3.2C2H6/c1-7(11)10(13)6-8(12)4-5-9(10,2)3;2*1-2/h7-8,11-13H,4-6H2,1-3H3;2*1-2H3/t7-,8+,10+;;/m1../s1. The van der Waals surface area contributed by atoms with Crippen LogP contribution in [0.4, 0.5) is 0 Å². The zero-order valence-electron chi connectivity index (χ0n) is 12.6. The van der Waals surface area contributed by atoms with E-state index in [1.165, 1.54) is 0 Å². The number of aliphatic hydroxyl groups is 3. The van der Waals surface area contributed by atoms with Gasteiger partial charge >= 0.3 is 0 Å². The van der Waals surface area contributed by atoms with Crippen LogP contribution < -0.4 is 0 Å². The van der Waals surface area contributed by atoms with Crippen LogP contribution in [0.15, 0.2) is 0 Å². The number of hydrogen-bond donors (Lipinski definition) is 3. The normalized spacial score (nSPS) is 32.5. The van der Waals surface area contributed by atoms with Crippen LogP contribution in [-0.2, 0) is 0 Å². The van der Waals surface area contributed by atoms with Gasteiger partial charge in [0.1, 0.15) is 0 Å². The van der Waals surface area contributed by atoms with Gasteiger partial charge in [0.05, 0.1) is 17.8 Å². The molecule has 0 aliphatic heterocycles. The highest BCUT2D eigenvalue weighted by Crippen LogP contribution is 2.45. The van der Waals surface area contributed by atoms with Gasteiger partial charge < -0.3 is 15.3 Å². The van der Waals surface area contributed by atoms with E-state index in [2.05, 4.69) is 0 Å². The second kappa shape index (κ2) is 8.06. The van der Waals surface area contributed by atoms with Crippen LogP contribution in [0.3, 0.4) is 0 Å². The second-order valence-electron chi connectivity index (χ2n) is 4.88. The van der Waals surface area contributed by atoms with E-state index in [0.29, 0.717) is 6.42 Å². The van der Waals surface area contributed by atoms with Crippen molar-refractivity contribution in [1.82, 2.24) is 0 Å². The lowest BCUT2D eigenvalue weighted by molar-refractivity contribution is -0.183. The van der Waals surface area contributed by atoms with Crippen molar-refractivity contribution in [1.29, 1.82) is 0 Å². The summed E-state index contributed by atoms with van der Waals surface area (Å²) < 4.78 is 0. The summed E-state index contributed by atoms with van der Waals surface area (Å²) in [6.07, 6.45) is 0.458. The molecule has 0 saturated heterocycles. The monoisotopic (exact) mass is 248 g/mol. The maximum atomic E-state index is 10.2. The fourth-order valence-electron chi connectivity index (χ4n) is 2.22. The van der Waals surface area contributed by atoms with Gasteiger partial charge in [0.25, 0.3) is 0 Å². The number of hydrogen-bond acceptors (Lipinski definition) is 3. The van der Waals surface area contributed by atoms with Gasteiger partial charge in [-0.05, 0) is 25.2 Å². The summed E-state index contributed by atoms with van der Waals surface area (Å²) in [5, 5.41) is 29.2. The minimum atomic E-state index is -1.15. The molecule has 0 aromatic carbocycles. The van der Waals surface area contributed by atoms with Gasteiger partial charge in [-0.3, -0.25) is 0 Å². The van der Waals surface area contributed by atoms with Gasteiger partial charge in [-0.25, -0.2) is 0 Å². The molecule has 0 aromatic rings. The first kappa shape index (κ1) is 19.2. The first-order valence-electron chi connectivity index (χ1n) is 6.88. The predicted molar refractivity (Wildman–Crippen MR) is 73.0 cm³/mol. The maximum absolute atomic E-state index is 10.2. The predicted octanol–water partition coefficient (Wildman–Crippen LogP) is 2.72. The summed E-state index contributed by atoms with van der Waals surface area (Å²) in [6, 6.07) is 0. The first-order valence-corrected chi connectivity index (χ1v) is 6.88. The molecule has 1 aliphatic rings. The third-order valence-corrected chi connectivity index (χ3v) is 3.51. The van der Waals surface area contributed by atoms with Crippen LogP contribution >= 0.6 is 0 Å². The molecular weight excluding hydrogens is 216 g/mol. The fraction of sp³-hybridized carbons (Fsp3) is 1.00. The van der Waals surface area contributed by atoms with Crippen molar-refractivity contribution in [2.45, 2.75) is 85.5 Å². The van der Waals surface area contributed by atoms with E-state index in [-0.39, 0.29) is 11.8 Å². The SMILES string of the molecule is CC.CC.C[C@@H](O)[C@@]1(O)C[C@@H](O)CCC1(C)C.